The summed E-state index contributed by atoms with van der Waals surface area (Å²) in [5.74, 6) is 0.306. The summed E-state index contributed by atoms with van der Waals surface area (Å²) in [4.78, 5) is 14.0. The average molecular weight is 265 g/mol. The van der Waals surface area contributed by atoms with Crippen molar-refractivity contribution < 1.29 is 9.90 Å². The van der Waals surface area contributed by atoms with E-state index in [4.69, 9.17) is 0 Å². The lowest BCUT2D eigenvalue weighted by Crippen LogP contribution is -2.42. The molecular weight excluding hydrogens is 238 g/mol. The summed E-state index contributed by atoms with van der Waals surface area (Å²) < 4.78 is 0. The Balaban J connectivity index is 1.60. The Morgan fingerprint density at radius 2 is 1.79 bits per heavy atom. The molecule has 3 nitrogen and oxygen atoms in total. The minimum atomic E-state index is -0.558. The van der Waals surface area contributed by atoms with Crippen molar-refractivity contribution in [3.63, 3.8) is 0 Å². The number of carbonyl (C=O) groups is 1. The summed E-state index contributed by atoms with van der Waals surface area (Å²) in [5, 5.41) is 9.34. The van der Waals surface area contributed by atoms with Gasteiger partial charge in [0.15, 0.2) is 0 Å². The number of rotatable bonds is 4. The summed E-state index contributed by atoms with van der Waals surface area (Å²) in [5.41, 5.74) is 0. The molecule has 1 aliphatic carbocycles. The molecule has 3 aliphatic rings. The molecule has 1 saturated carbocycles. The molecule has 2 aliphatic heterocycles. The Morgan fingerprint density at radius 3 is 2.37 bits per heavy atom. The fourth-order valence-electron chi connectivity index (χ4n) is 5.01. The molecule has 1 N–H and O–H groups in total. The largest absolute Gasteiger partial charge is 0.481 e. The first-order valence-electron chi connectivity index (χ1n) is 8.21. The van der Waals surface area contributed by atoms with Crippen molar-refractivity contribution >= 4 is 5.97 Å². The van der Waals surface area contributed by atoms with Crippen LogP contribution in [0.4, 0.5) is 0 Å². The highest BCUT2D eigenvalue weighted by Gasteiger charge is 2.51. The number of carboxylic acids is 1. The van der Waals surface area contributed by atoms with Gasteiger partial charge in [-0.1, -0.05) is 19.8 Å². The lowest BCUT2D eigenvalue weighted by atomic mass is 9.82. The third kappa shape index (κ3) is 2.42. The van der Waals surface area contributed by atoms with Crippen molar-refractivity contribution in [2.45, 2.75) is 82.8 Å². The number of hydrogen-bond acceptors (Lipinski definition) is 2. The fourth-order valence-corrected chi connectivity index (χ4v) is 5.01. The van der Waals surface area contributed by atoms with E-state index in [9.17, 15) is 9.90 Å². The third-order valence-corrected chi connectivity index (χ3v) is 5.84. The van der Waals surface area contributed by atoms with Crippen molar-refractivity contribution in [2.24, 2.45) is 11.8 Å². The van der Waals surface area contributed by atoms with Crippen molar-refractivity contribution in [1.82, 2.24) is 4.90 Å². The highest BCUT2D eigenvalue weighted by atomic mass is 16.4. The van der Waals surface area contributed by atoms with Gasteiger partial charge in [-0.25, -0.2) is 0 Å². The highest BCUT2D eigenvalue weighted by molar-refractivity contribution is 5.71. The summed E-state index contributed by atoms with van der Waals surface area (Å²) in [6, 6.07) is 1.63. The van der Waals surface area contributed by atoms with Crippen LogP contribution in [0.3, 0.4) is 0 Å². The van der Waals surface area contributed by atoms with Gasteiger partial charge in [0, 0.05) is 18.1 Å². The standard InChI is InChI=1S/C16H27NO2/c1-2-3-11-4-6-12(7-5-11)17-13-8-9-15(17)14(10-13)16(18)19/h11-15H,2-10H2,1H3,(H,18,19). The smallest absolute Gasteiger partial charge is 0.308 e. The van der Waals surface area contributed by atoms with E-state index < -0.39 is 5.97 Å². The topological polar surface area (TPSA) is 40.5 Å². The van der Waals surface area contributed by atoms with Gasteiger partial charge in [0.1, 0.15) is 0 Å². The molecule has 0 radical (unpaired) electrons. The zero-order valence-electron chi connectivity index (χ0n) is 12.1. The molecule has 19 heavy (non-hydrogen) atoms. The first-order valence-corrected chi connectivity index (χ1v) is 8.21. The maximum Gasteiger partial charge on any atom is 0.308 e. The van der Waals surface area contributed by atoms with Crippen molar-refractivity contribution in [3.05, 3.63) is 0 Å². The average Bonchev–Trinajstić information content (AvgIpc) is 2.97. The van der Waals surface area contributed by atoms with Crippen LogP contribution in [-0.2, 0) is 4.79 Å². The van der Waals surface area contributed by atoms with E-state index in [0.717, 1.165) is 18.8 Å². The number of carboxylic acid groups (broad SMARTS) is 1. The Morgan fingerprint density at radius 1 is 1.11 bits per heavy atom. The predicted octanol–water partition coefficient (Wildman–Crippen LogP) is 3.28. The molecule has 3 fully saturated rings. The van der Waals surface area contributed by atoms with Crippen LogP contribution >= 0.6 is 0 Å². The molecular formula is C16H27NO2. The molecule has 0 aromatic carbocycles. The van der Waals surface area contributed by atoms with E-state index in [-0.39, 0.29) is 5.92 Å². The van der Waals surface area contributed by atoms with Crippen molar-refractivity contribution in [2.75, 3.05) is 0 Å². The first-order chi connectivity index (χ1) is 9.20. The van der Waals surface area contributed by atoms with Crippen LogP contribution in [0.1, 0.15) is 64.7 Å². The van der Waals surface area contributed by atoms with Gasteiger partial charge < -0.3 is 5.11 Å². The summed E-state index contributed by atoms with van der Waals surface area (Å²) in [6.07, 6.45) is 11.3. The summed E-state index contributed by atoms with van der Waals surface area (Å²) in [7, 11) is 0. The van der Waals surface area contributed by atoms with Gasteiger partial charge in [-0.2, -0.15) is 0 Å². The normalized spacial score (nSPS) is 42.7. The minimum Gasteiger partial charge on any atom is -0.481 e. The molecule has 3 atom stereocenters. The van der Waals surface area contributed by atoms with Gasteiger partial charge in [0.2, 0.25) is 0 Å². The molecule has 108 valence electrons. The van der Waals surface area contributed by atoms with Crippen LogP contribution < -0.4 is 0 Å². The molecule has 0 aromatic rings. The van der Waals surface area contributed by atoms with Gasteiger partial charge in [0.05, 0.1) is 5.92 Å². The van der Waals surface area contributed by atoms with Crippen LogP contribution in [0.5, 0.6) is 0 Å². The Kier molecular flexibility index (Phi) is 3.84. The van der Waals surface area contributed by atoms with Gasteiger partial charge in [-0.3, -0.25) is 9.69 Å². The molecule has 0 spiro atoms. The van der Waals surface area contributed by atoms with Gasteiger partial charge >= 0.3 is 5.97 Å². The lowest BCUT2D eigenvalue weighted by Gasteiger charge is -2.37. The highest BCUT2D eigenvalue weighted by Crippen LogP contribution is 2.46. The maximum absolute atomic E-state index is 11.3. The predicted molar refractivity (Wildman–Crippen MR) is 75.0 cm³/mol. The second-order valence-corrected chi connectivity index (χ2v) is 6.89. The number of hydrogen-bond donors (Lipinski definition) is 1. The Bertz CT molecular complexity index is 336. The van der Waals surface area contributed by atoms with Crippen LogP contribution in [0.25, 0.3) is 0 Å². The fraction of sp³-hybridized carbons (Fsp3) is 0.938. The summed E-state index contributed by atoms with van der Waals surface area (Å²) in [6.45, 7) is 2.28. The molecule has 3 unspecified atom stereocenters. The van der Waals surface area contributed by atoms with Crippen LogP contribution in [0, 0.1) is 11.8 Å². The second-order valence-electron chi connectivity index (χ2n) is 6.89. The number of fused-ring (bicyclic) bond motifs is 2. The minimum absolute atomic E-state index is 0.0767. The molecule has 3 heteroatoms. The molecule has 0 aromatic heterocycles. The first kappa shape index (κ1) is 13.4. The van der Waals surface area contributed by atoms with E-state index in [1.807, 2.05) is 0 Å². The molecule has 2 saturated heterocycles. The van der Waals surface area contributed by atoms with E-state index in [1.165, 1.54) is 44.9 Å². The summed E-state index contributed by atoms with van der Waals surface area (Å²) >= 11 is 0. The van der Waals surface area contributed by atoms with Crippen molar-refractivity contribution in [1.29, 1.82) is 0 Å². The molecule has 2 heterocycles. The van der Waals surface area contributed by atoms with Crippen LogP contribution in [0.2, 0.25) is 0 Å². The van der Waals surface area contributed by atoms with Gasteiger partial charge in [-0.05, 0) is 50.9 Å². The zero-order chi connectivity index (χ0) is 13.4. The zero-order valence-corrected chi connectivity index (χ0v) is 12.1. The van der Waals surface area contributed by atoms with E-state index in [0.29, 0.717) is 18.1 Å². The third-order valence-electron chi connectivity index (χ3n) is 5.84. The van der Waals surface area contributed by atoms with E-state index >= 15 is 0 Å². The van der Waals surface area contributed by atoms with E-state index in [1.54, 1.807) is 0 Å². The van der Waals surface area contributed by atoms with Gasteiger partial charge in [-0.15, -0.1) is 0 Å². The quantitative estimate of drug-likeness (QED) is 0.848. The monoisotopic (exact) mass is 265 g/mol. The Hall–Kier alpha value is -0.570. The maximum atomic E-state index is 11.3. The second kappa shape index (κ2) is 5.43. The van der Waals surface area contributed by atoms with Gasteiger partial charge in [0.25, 0.3) is 0 Å². The number of aliphatic carboxylic acids is 1. The van der Waals surface area contributed by atoms with Crippen LogP contribution in [0.15, 0.2) is 0 Å². The van der Waals surface area contributed by atoms with Crippen molar-refractivity contribution in [3.8, 4) is 0 Å². The molecule has 3 rings (SSSR count). The SMILES string of the molecule is CCCC1CCC(N2C3CCC2C(C(=O)O)C3)CC1. The molecule has 2 bridgehead atoms. The lowest BCUT2D eigenvalue weighted by molar-refractivity contribution is -0.142. The van der Waals surface area contributed by atoms with Crippen LogP contribution in [-0.4, -0.2) is 34.1 Å². The van der Waals surface area contributed by atoms with E-state index in [2.05, 4.69) is 11.8 Å². The molecule has 0 amide bonds. The Labute approximate surface area is 116 Å². The number of nitrogens with zero attached hydrogens (tertiary/aromatic N) is 1.